The van der Waals surface area contributed by atoms with Gasteiger partial charge in [0.25, 0.3) is 0 Å². The van der Waals surface area contributed by atoms with Crippen LogP contribution in [0.1, 0.15) is 43.9 Å². The summed E-state index contributed by atoms with van der Waals surface area (Å²) in [5, 5.41) is 12.6. The molecule has 2 N–H and O–H groups in total. The fourth-order valence-electron chi connectivity index (χ4n) is 2.57. The largest absolute Gasteiger partial charge is 0.489 e. The van der Waals surface area contributed by atoms with Crippen LogP contribution in [0.5, 0.6) is 5.75 Å². The molecular formula is C21H29NO2. The van der Waals surface area contributed by atoms with Gasteiger partial charge in [-0.05, 0) is 55.5 Å². The van der Waals surface area contributed by atoms with Gasteiger partial charge in [0.2, 0.25) is 0 Å². The van der Waals surface area contributed by atoms with Crippen LogP contribution in [-0.4, -0.2) is 18.3 Å². The molecule has 2 atom stereocenters. The molecule has 0 aromatic heterocycles. The fraction of sp³-hybridized carbons (Fsp3) is 0.429. The maximum atomic E-state index is 9.03. The van der Waals surface area contributed by atoms with Gasteiger partial charge >= 0.3 is 0 Å². The van der Waals surface area contributed by atoms with E-state index >= 15 is 0 Å². The first-order valence-corrected chi connectivity index (χ1v) is 8.80. The summed E-state index contributed by atoms with van der Waals surface area (Å²) in [6, 6.07) is 18.8. The Balaban J connectivity index is 1.74. The van der Waals surface area contributed by atoms with Crippen LogP contribution in [0, 0.1) is 5.92 Å². The minimum atomic E-state index is 0.278. The molecule has 24 heavy (non-hydrogen) atoms. The first kappa shape index (κ1) is 18.5. The summed E-state index contributed by atoms with van der Waals surface area (Å²) in [7, 11) is 0. The highest BCUT2D eigenvalue weighted by atomic mass is 16.5. The summed E-state index contributed by atoms with van der Waals surface area (Å²) in [5.41, 5.74) is 2.44. The van der Waals surface area contributed by atoms with Crippen molar-refractivity contribution < 1.29 is 9.84 Å². The second-order valence-corrected chi connectivity index (χ2v) is 6.45. The van der Waals surface area contributed by atoms with E-state index in [9.17, 15) is 0 Å². The van der Waals surface area contributed by atoms with Crippen molar-refractivity contribution in [3.8, 4) is 5.75 Å². The van der Waals surface area contributed by atoms with Crippen LogP contribution in [0.15, 0.2) is 54.6 Å². The van der Waals surface area contributed by atoms with Gasteiger partial charge in [0, 0.05) is 12.6 Å². The summed E-state index contributed by atoms with van der Waals surface area (Å²) in [6.45, 7) is 6.10. The first-order valence-electron chi connectivity index (χ1n) is 8.80. The average Bonchev–Trinajstić information content (AvgIpc) is 2.64. The molecule has 0 fully saturated rings. The van der Waals surface area contributed by atoms with Gasteiger partial charge in [0.1, 0.15) is 12.4 Å². The number of hydrogen-bond acceptors (Lipinski definition) is 3. The number of aliphatic hydroxyl groups is 1. The summed E-state index contributed by atoms with van der Waals surface area (Å²) in [5.74, 6) is 1.29. The summed E-state index contributed by atoms with van der Waals surface area (Å²) >= 11 is 0. The van der Waals surface area contributed by atoms with Gasteiger partial charge in [0.15, 0.2) is 0 Å². The monoisotopic (exact) mass is 327 g/mol. The van der Waals surface area contributed by atoms with E-state index in [4.69, 9.17) is 9.84 Å². The molecule has 0 amide bonds. The predicted molar refractivity (Wildman–Crippen MR) is 99.1 cm³/mol. The van der Waals surface area contributed by atoms with Crippen LogP contribution in [0.25, 0.3) is 0 Å². The lowest BCUT2D eigenvalue weighted by Crippen LogP contribution is -2.20. The Bertz CT molecular complexity index is 568. The predicted octanol–water partition coefficient (Wildman–Crippen LogP) is 4.32. The van der Waals surface area contributed by atoms with Crippen molar-refractivity contribution in [2.24, 2.45) is 5.92 Å². The van der Waals surface area contributed by atoms with Gasteiger partial charge in [0.05, 0.1) is 0 Å². The molecule has 2 aromatic rings. The Hall–Kier alpha value is -1.84. The molecule has 0 saturated carbocycles. The molecule has 0 saturated heterocycles. The molecule has 2 aromatic carbocycles. The fourth-order valence-corrected chi connectivity index (χ4v) is 2.57. The Morgan fingerprint density at radius 3 is 2.38 bits per heavy atom. The highest BCUT2D eigenvalue weighted by Crippen LogP contribution is 2.19. The van der Waals surface area contributed by atoms with Crippen LogP contribution in [0.3, 0.4) is 0 Å². The maximum absolute atomic E-state index is 9.03. The lowest BCUT2D eigenvalue weighted by atomic mass is 10.1. The number of rotatable bonds is 10. The minimum absolute atomic E-state index is 0.278. The Morgan fingerprint density at radius 2 is 1.71 bits per heavy atom. The highest BCUT2D eigenvalue weighted by molar-refractivity contribution is 5.29. The zero-order chi connectivity index (χ0) is 17.2. The van der Waals surface area contributed by atoms with E-state index in [1.54, 1.807) is 0 Å². The molecule has 130 valence electrons. The van der Waals surface area contributed by atoms with E-state index in [2.05, 4.69) is 43.4 Å². The molecule has 0 radical (unpaired) electrons. The molecule has 0 heterocycles. The molecule has 0 bridgehead atoms. The van der Waals surface area contributed by atoms with Crippen LogP contribution in [0.2, 0.25) is 0 Å². The van der Waals surface area contributed by atoms with Crippen molar-refractivity contribution in [2.45, 2.75) is 39.3 Å². The standard InChI is InChI=1S/C21H29NO2/c1-17(15-23)7-6-14-22-18(2)20-10-12-21(13-11-20)24-16-19-8-4-3-5-9-19/h3-5,8-13,17-18,22-23H,6-7,14-16H2,1-2H3. The normalized spacial score (nSPS) is 13.5. The molecule has 0 aliphatic rings. The van der Waals surface area contributed by atoms with Crippen LogP contribution >= 0.6 is 0 Å². The van der Waals surface area contributed by atoms with Crippen molar-refractivity contribution >= 4 is 0 Å². The first-order chi connectivity index (χ1) is 11.7. The van der Waals surface area contributed by atoms with Crippen molar-refractivity contribution in [3.05, 3.63) is 65.7 Å². The van der Waals surface area contributed by atoms with Crippen LogP contribution in [0.4, 0.5) is 0 Å². The maximum Gasteiger partial charge on any atom is 0.119 e. The zero-order valence-corrected chi connectivity index (χ0v) is 14.7. The molecular weight excluding hydrogens is 298 g/mol. The highest BCUT2D eigenvalue weighted by Gasteiger charge is 2.06. The second kappa shape index (κ2) is 10.1. The van der Waals surface area contributed by atoms with E-state index in [0.29, 0.717) is 18.6 Å². The molecule has 3 nitrogen and oxygen atoms in total. The molecule has 2 rings (SSSR count). The summed E-state index contributed by atoms with van der Waals surface area (Å²) in [4.78, 5) is 0. The minimum Gasteiger partial charge on any atom is -0.489 e. The van der Waals surface area contributed by atoms with E-state index < -0.39 is 0 Å². The third-order valence-electron chi connectivity index (χ3n) is 4.26. The Labute approximate surface area is 145 Å². The quantitative estimate of drug-likeness (QED) is 0.638. The summed E-state index contributed by atoms with van der Waals surface area (Å²) in [6.07, 6.45) is 2.15. The third kappa shape index (κ3) is 6.34. The Morgan fingerprint density at radius 1 is 1.00 bits per heavy atom. The van der Waals surface area contributed by atoms with Crippen LogP contribution in [-0.2, 0) is 6.61 Å². The van der Waals surface area contributed by atoms with Gasteiger partial charge in [-0.3, -0.25) is 0 Å². The second-order valence-electron chi connectivity index (χ2n) is 6.45. The lowest BCUT2D eigenvalue weighted by molar-refractivity contribution is 0.227. The molecule has 0 aliphatic carbocycles. The topological polar surface area (TPSA) is 41.5 Å². The average molecular weight is 327 g/mol. The van der Waals surface area contributed by atoms with E-state index in [1.165, 1.54) is 11.1 Å². The van der Waals surface area contributed by atoms with Crippen molar-refractivity contribution in [1.29, 1.82) is 0 Å². The van der Waals surface area contributed by atoms with Gasteiger partial charge in [-0.2, -0.15) is 0 Å². The molecule has 3 heteroatoms. The number of ether oxygens (including phenoxy) is 1. The van der Waals surface area contributed by atoms with Crippen molar-refractivity contribution in [3.63, 3.8) is 0 Å². The van der Waals surface area contributed by atoms with E-state index in [0.717, 1.165) is 25.1 Å². The van der Waals surface area contributed by atoms with Gasteiger partial charge in [-0.25, -0.2) is 0 Å². The number of benzene rings is 2. The lowest BCUT2D eigenvalue weighted by Gasteiger charge is -2.16. The zero-order valence-electron chi connectivity index (χ0n) is 14.7. The van der Waals surface area contributed by atoms with Crippen LogP contribution < -0.4 is 10.1 Å². The molecule has 0 aliphatic heterocycles. The van der Waals surface area contributed by atoms with Gasteiger partial charge in [-0.15, -0.1) is 0 Å². The summed E-state index contributed by atoms with van der Waals surface area (Å²) < 4.78 is 5.82. The van der Waals surface area contributed by atoms with E-state index in [1.807, 2.05) is 30.3 Å². The Kier molecular flexibility index (Phi) is 7.80. The third-order valence-corrected chi connectivity index (χ3v) is 4.26. The molecule has 0 spiro atoms. The van der Waals surface area contributed by atoms with Gasteiger partial charge in [-0.1, -0.05) is 49.4 Å². The number of aliphatic hydroxyl groups excluding tert-OH is 1. The van der Waals surface area contributed by atoms with E-state index in [-0.39, 0.29) is 6.61 Å². The van der Waals surface area contributed by atoms with Crippen molar-refractivity contribution in [2.75, 3.05) is 13.2 Å². The smallest absolute Gasteiger partial charge is 0.119 e. The SMILES string of the molecule is CC(CO)CCCNC(C)c1ccc(OCc2ccccc2)cc1. The van der Waals surface area contributed by atoms with Crippen molar-refractivity contribution in [1.82, 2.24) is 5.32 Å². The molecule has 2 unspecified atom stereocenters. The van der Waals surface area contributed by atoms with Gasteiger partial charge < -0.3 is 15.2 Å². The number of nitrogens with one attached hydrogen (secondary N) is 1. The number of hydrogen-bond donors (Lipinski definition) is 2.